The summed E-state index contributed by atoms with van der Waals surface area (Å²) >= 11 is 0. The molecule has 1 aliphatic rings. The van der Waals surface area contributed by atoms with Gasteiger partial charge in [0.15, 0.2) is 0 Å². The molecule has 2 N–H and O–H groups in total. The lowest BCUT2D eigenvalue weighted by Gasteiger charge is -2.29. The maximum atomic E-state index is 11.0. The second kappa shape index (κ2) is 5.83. The SMILES string of the molecule is CC1CC(Nc2ccc([N+](=O)[O-])cc2[N+](=O)[O-])CCN1. The molecule has 1 aliphatic heterocycles. The van der Waals surface area contributed by atoms with Crippen molar-refractivity contribution in [3.63, 3.8) is 0 Å². The Morgan fingerprint density at radius 3 is 2.65 bits per heavy atom. The van der Waals surface area contributed by atoms with Crippen LogP contribution < -0.4 is 10.6 Å². The summed E-state index contributed by atoms with van der Waals surface area (Å²) in [6.07, 6.45) is 1.71. The maximum Gasteiger partial charge on any atom is 0.299 e. The molecule has 2 rings (SSSR count). The van der Waals surface area contributed by atoms with Crippen molar-refractivity contribution < 1.29 is 9.85 Å². The van der Waals surface area contributed by atoms with Crippen molar-refractivity contribution in [3.05, 3.63) is 38.4 Å². The molecule has 20 heavy (non-hydrogen) atoms. The highest BCUT2D eigenvalue weighted by molar-refractivity contribution is 5.65. The van der Waals surface area contributed by atoms with Gasteiger partial charge in [0.1, 0.15) is 5.69 Å². The minimum Gasteiger partial charge on any atom is -0.377 e. The predicted molar refractivity (Wildman–Crippen MR) is 73.9 cm³/mol. The number of nitro benzene ring substituents is 2. The molecule has 0 aromatic heterocycles. The smallest absolute Gasteiger partial charge is 0.299 e. The zero-order chi connectivity index (χ0) is 14.7. The summed E-state index contributed by atoms with van der Waals surface area (Å²) in [5.41, 5.74) is -0.203. The van der Waals surface area contributed by atoms with Crippen LogP contribution in [0.15, 0.2) is 18.2 Å². The topological polar surface area (TPSA) is 110 Å². The fourth-order valence-corrected chi connectivity index (χ4v) is 2.39. The van der Waals surface area contributed by atoms with E-state index in [1.54, 1.807) is 0 Å². The van der Waals surface area contributed by atoms with E-state index in [-0.39, 0.29) is 17.4 Å². The molecule has 0 bridgehead atoms. The quantitative estimate of drug-likeness (QED) is 0.645. The standard InChI is InChI=1S/C12H16N4O4/c1-8-6-9(4-5-13-8)14-11-3-2-10(15(17)18)7-12(11)16(19)20/h2-3,7-9,13-14H,4-6H2,1H3. The Labute approximate surface area is 115 Å². The van der Waals surface area contributed by atoms with Gasteiger partial charge in [-0.25, -0.2) is 0 Å². The Bertz CT molecular complexity index is 534. The lowest BCUT2D eigenvalue weighted by molar-refractivity contribution is -0.393. The first-order chi connectivity index (χ1) is 9.47. The summed E-state index contributed by atoms with van der Waals surface area (Å²) in [5, 5.41) is 28.1. The van der Waals surface area contributed by atoms with E-state index in [0.717, 1.165) is 25.5 Å². The second-order valence-corrected chi connectivity index (χ2v) is 4.94. The third kappa shape index (κ3) is 3.21. The number of anilines is 1. The van der Waals surface area contributed by atoms with Crippen LogP contribution in [0.4, 0.5) is 17.1 Å². The average molecular weight is 280 g/mol. The zero-order valence-electron chi connectivity index (χ0n) is 11.0. The average Bonchev–Trinajstić information content (AvgIpc) is 2.38. The number of nitrogens with one attached hydrogen (secondary N) is 2. The van der Waals surface area contributed by atoms with Crippen LogP contribution in [0.1, 0.15) is 19.8 Å². The van der Waals surface area contributed by atoms with Gasteiger partial charge in [0.05, 0.1) is 15.9 Å². The Balaban J connectivity index is 2.22. The van der Waals surface area contributed by atoms with Gasteiger partial charge in [-0.15, -0.1) is 0 Å². The second-order valence-electron chi connectivity index (χ2n) is 4.94. The Hall–Kier alpha value is -2.22. The van der Waals surface area contributed by atoms with Crippen molar-refractivity contribution in [1.29, 1.82) is 0 Å². The number of rotatable bonds is 4. The number of nitro groups is 2. The largest absolute Gasteiger partial charge is 0.377 e. The number of hydrogen-bond donors (Lipinski definition) is 2. The molecule has 8 heteroatoms. The third-order valence-corrected chi connectivity index (χ3v) is 3.37. The van der Waals surface area contributed by atoms with Crippen LogP contribution in [0, 0.1) is 20.2 Å². The van der Waals surface area contributed by atoms with Gasteiger partial charge >= 0.3 is 0 Å². The molecule has 0 spiro atoms. The first kappa shape index (κ1) is 14.2. The first-order valence-electron chi connectivity index (χ1n) is 6.40. The summed E-state index contributed by atoms with van der Waals surface area (Å²) in [7, 11) is 0. The highest BCUT2D eigenvalue weighted by atomic mass is 16.6. The minimum atomic E-state index is -0.636. The van der Waals surface area contributed by atoms with Crippen molar-refractivity contribution in [2.75, 3.05) is 11.9 Å². The summed E-state index contributed by atoms with van der Waals surface area (Å²) < 4.78 is 0. The molecule has 1 aromatic rings. The lowest BCUT2D eigenvalue weighted by atomic mass is 10.0. The van der Waals surface area contributed by atoms with E-state index in [2.05, 4.69) is 17.6 Å². The van der Waals surface area contributed by atoms with Gasteiger partial charge in [-0.3, -0.25) is 20.2 Å². The fraction of sp³-hybridized carbons (Fsp3) is 0.500. The number of benzene rings is 1. The number of nitrogens with zero attached hydrogens (tertiary/aromatic N) is 2. The monoisotopic (exact) mass is 280 g/mol. The third-order valence-electron chi connectivity index (χ3n) is 3.37. The van der Waals surface area contributed by atoms with E-state index >= 15 is 0 Å². The van der Waals surface area contributed by atoms with Crippen LogP contribution in [-0.4, -0.2) is 28.5 Å². The molecule has 8 nitrogen and oxygen atoms in total. The van der Waals surface area contributed by atoms with Crippen molar-refractivity contribution in [3.8, 4) is 0 Å². The van der Waals surface area contributed by atoms with Crippen molar-refractivity contribution in [1.82, 2.24) is 5.32 Å². The summed E-state index contributed by atoms with van der Waals surface area (Å²) in [6, 6.07) is 4.15. The van der Waals surface area contributed by atoms with E-state index in [0.29, 0.717) is 11.7 Å². The molecule has 1 heterocycles. The van der Waals surface area contributed by atoms with Crippen LogP contribution in [0.5, 0.6) is 0 Å². The molecule has 108 valence electrons. The normalized spacial score (nSPS) is 22.2. The molecular formula is C12H16N4O4. The number of piperidine rings is 1. The molecule has 1 fully saturated rings. The van der Waals surface area contributed by atoms with Gasteiger partial charge in [0.2, 0.25) is 0 Å². The molecule has 2 atom stereocenters. The first-order valence-corrected chi connectivity index (χ1v) is 6.40. The van der Waals surface area contributed by atoms with Gasteiger partial charge in [-0.05, 0) is 32.4 Å². The summed E-state index contributed by atoms with van der Waals surface area (Å²) in [5.74, 6) is 0. The van der Waals surface area contributed by atoms with Crippen LogP contribution in [0.3, 0.4) is 0 Å². The van der Waals surface area contributed by atoms with E-state index in [9.17, 15) is 20.2 Å². The molecule has 0 radical (unpaired) electrons. The fourth-order valence-electron chi connectivity index (χ4n) is 2.39. The molecule has 2 unspecified atom stereocenters. The van der Waals surface area contributed by atoms with Gasteiger partial charge in [0.25, 0.3) is 11.4 Å². The van der Waals surface area contributed by atoms with E-state index in [1.807, 2.05) is 0 Å². The van der Waals surface area contributed by atoms with Gasteiger partial charge in [-0.1, -0.05) is 0 Å². The van der Waals surface area contributed by atoms with Gasteiger partial charge < -0.3 is 10.6 Å². The van der Waals surface area contributed by atoms with Gasteiger partial charge in [-0.2, -0.15) is 0 Å². The molecule has 1 aromatic carbocycles. The Kier molecular flexibility index (Phi) is 4.14. The molecule has 0 amide bonds. The van der Waals surface area contributed by atoms with Crippen molar-refractivity contribution >= 4 is 17.1 Å². The van der Waals surface area contributed by atoms with E-state index in [4.69, 9.17) is 0 Å². The van der Waals surface area contributed by atoms with Crippen LogP contribution in [0.2, 0.25) is 0 Å². The van der Waals surface area contributed by atoms with Crippen LogP contribution >= 0.6 is 0 Å². The minimum absolute atomic E-state index is 0.131. The summed E-state index contributed by atoms with van der Waals surface area (Å²) in [6.45, 7) is 2.90. The highest BCUT2D eigenvalue weighted by Crippen LogP contribution is 2.30. The van der Waals surface area contributed by atoms with Crippen molar-refractivity contribution in [2.45, 2.75) is 31.8 Å². The number of non-ortho nitro benzene ring substituents is 1. The van der Waals surface area contributed by atoms with Crippen LogP contribution in [0.25, 0.3) is 0 Å². The highest BCUT2D eigenvalue weighted by Gasteiger charge is 2.23. The maximum absolute atomic E-state index is 11.0. The molecular weight excluding hydrogens is 264 g/mol. The van der Waals surface area contributed by atoms with E-state index in [1.165, 1.54) is 12.1 Å². The zero-order valence-corrected chi connectivity index (χ0v) is 11.0. The Morgan fingerprint density at radius 1 is 1.30 bits per heavy atom. The number of hydrogen-bond acceptors (Lipinski definition) is 6. The van der Waals surface area contributed by atoms with Gasteiger partial charge in [0, 0.05) is 18.2 Å². The summed E-state index contributed by atoms with van der Waals surface area (Å²) in [4.78, 5) is 20.5. The van der Waals surface area contributed by atoms with Crippen molar-refractivity contribution in [2.24, 2.45) is 0 Å². The molecule has 0 aliphatic carbocycles. The lowest BCUT2D eigenvalue weighted by Crippen LogP contribution is -2.41. The van der Waals surface area contributed by atoms with Crippen LogP contribution in [-0.2, 0) is 0 Å². The molecule has 1 saturated heterocycles. The Morgan fingerprint density at radius 2 is 2.05 bits per heavy atom. The molecule has 0 saturated carbocycles. The van der Waals surface area contributed by atoms with E-state index < -0.39 is 9.85 Å². The predicted octanol–water partition coefficient (Wildman–Crippen LogP) is 2.06.